The van der Waals surface area contributed by atoms with Crippen molar-refractivity contribution in [3.05, 3.63) is 29.8 Å². The highest BCUT2D eigenvalue weighted by molar-refractivity contribution is 14.1. The number of amides is 5. The fourth-order valence-corrected chi connectivity index (χ4v) is 3.64. The molecule has 2 atom stereocenters. The normalized spacial score (nSPS) is 12.2. The Morgan fingerprint density at radius 1 is 0.947 bits per heavy atom. The first-order chi connectivity index (χ1) is 18.0. The van der Waals surface area contributed by atoms with Crippen LogP contribution in [0.25, 0.3) is 0 Å². The fraction of sp³-hybridized carbons (Fsp3) is 0.560. The van der Waals surface area contributed by atoms with Crippen molar-refractivity contribution in [3.8, 4) is 0 Å². The third kappa shape index (κ3) is 14.1. The van der Waals surface area contributed by atoms with Gasteiger partial charge in [-0.1, -0.05) is 32.4 Å². The summed E-state index contributed by atoms with van der Waals surface area (Å²) in [7, 11) is 0. The van der Waals surface area contributed by atoms with Crippen molar-refractivity contribution in [1.29, 1.82) is 0 Å². The number of carbonyl (C=O) groups is 5. The van der Waals surface area contributed by atoms with Crippen LogP contribution in [0.4, 0.5) is 15.3 Å². The van der Waals surface area contributed by atoms with Gasteiger partial charge in [-0.2, -0.15) is 0 Å². The average Bonchev–Trinajstić information content (AvgIpc) is 2.86. The smallest absolute Gasteiger partial charge is 0.367 e. The van der Waals surface area contributed by atoms with Crippen LogP contribution in [0.1, 0.15) is 57.9 Å². The molecule has 0 radical (unpaired) electrons. The molecular formula is C25H39IN6O6. The van der Waals surface area contributed by atoms with E-state index in [1.807, 2.05) is 13.8 Å². The Kier molecular flexibility index (Phi) is 16.0. The van der Waals surface area contributed by atoms with Crippen molar-refractivity contribution in [2.45, 2.75) is 71.1 Å². The molecule has 0 saturated heterocycles. The van der Waals surface area contributed by atoms with Crippen LogP contribution >= 0.6 is 22.6 Å². The van der Waals surface area contributed by atoms with E-state index in [4.69, 9.17) is 16.2 Å². The van der Waals surface area contributed by atoms with Crippen LogP contribution in [0.15, 0.2) is 24.3 Å². The Morgan fingerprint density at radius 2 is 1.63 bits per heavy atom. The summed E-state index contributed by atoms with van der Waals surface area (Å²) in [6, 6.07) is 4.29. The number of halogens is 1. The molecule has 0 aliphatic carbocycles. The molecule has 0 spiro atoms. The van der Waals surface area contributed by atoms with Crippen molar-refractivity contribution in [3.63, 3.8) is 0 Å². The monoisotopic (exact) mass is 646 g/mol. The van der Waals surface area contributed by atoms with E-state index in [1.54, 1.807) is 24.3 Å². The van der Waals surface area contributed by atoms with Gasteiger partial charge in [0.25, 0.3) is 0 Å². The molecule has 1 aromatic rings. The Hall–Kier alpha value is -2.94. The number of hydrogen-bond donors (Lipinski definition) is 6. The number of nitrogens with two attached hydrogens (primary N) is 2. The van der Waals surface area contributed by atoms with E-state index in [0.29, 0.717) is 25.1 Å². The van der Waals surface area contributed by atoms with Crippen molar-refractivity contribution in [2.24, 2.45) is 17.4 Å². The largest absolute Gasteiger partial charge is 0.453 e. The number of primary amides is 1. The summed E-state index contributed by atoms with van der Waals surface area (Å²) in [5.41, 5.74) is 11.8. The second-order valence-electron chi connectivity index (χ2n) is 9.10. The quantitative estimate of drug-likeness (QED) is 0.0849. The molecule has 5 amide bonds. The number of ether oxygens (including phenoxy) is 1. The lowest BCUT2D eigenvalue weighted by molar-refractivity contribution is -0.132. The van der Waals surface area contributed by atoms with Gasteiger partial charge < -0.3 is 37.5 Å². The van der Waals surface area contributed by atoms with Gasteiger partial charge in [-0.05, 0) is 55.8 Å². The van der Waals surface area contributed by atoms with Crippen molar-refractivity contribution >= 4 is 56.0 Å². The van der Waals surface area contributed by atoms with Crippen LogP contribution < -0.4 is 32.7 Å². The molecular weight excluding hydrogens is 607 g/mol. The number of carbonyl (C=O) groups excluding carboxylic acids is 5. The molecule has 0 unspecified atom stereocenters. The van der Waals surface area contributed by atoms with Gasteiger partial charge in [0.1, 0.15) is 18.7 Å². The maximum Gasteiger partial charge on any atom is 0.367 e. The molecule has 0 bridgehead atoms. The van der Waals surface area contributed by atoms with Crippen LogP contribution in [0.5, 0.6) is 0 Å². The zero-order valence-corrected chi connectivity index (χ0v) is 24.0. The number of anilines is 1. The molecule has 8 N–H and O–H groups in total. The Morgan fingerprint density at radius 3 is 2.21 bits per heavy atom. The highest BCUT2D eigenvalue weighted by atomic mass is 127. The Labute approximate surface area is 236 Å². The van der Waals surface area contributed by atoms with Gasteiger partial charge in [0.05, 0.1) is 22.6 Å². The van der Waals surface area contributed by atoms with E-state index >= 15 is 0 Å². The van der Waals surface area contributed by atoms with Gasteiger partial charge in [-0.3, -0.25) is 14.4 Å². The lowest BCUT2D eigenvalue weighted by Crippen LogP contribution is -2.54. The van der Waals surface area contributed by atoms with E-state index in [0.717, 1.165) is 18.4 Å². The number of rotatable bonds is 17. The molecule has 1 aromatic carbocycles. The zero-order chi connectivity index (χ0) is 28.5. The number of unbranched alkanes of at least 4 members (excludes halogenated alkanes) is 2. The van der Waals surface area contributed by atoms with Crippen LogP contribution in [-0.2, 0) is 25.7 Å². The van der Waals surface area contributed by atoms with Crippen molar-refractivity contribution < 1.29 is 28.7 Å². The van der Waals surface area contributed by atoms with Gasteiger partial charge in [0, 0.05) is 18.7 Å². The second kappa shape index (κ2) is 18.3. The summed E-state index contributed by atoms with van der Waals surface area (Å²) in [6.45, 7) is 4.52. The number of benzene rings is 1. The van der Waals surface area contributed by atoms with Gasteiger partial charge in [-0.15, -0.1) is 0 Å². The summed E-state index contributed by atoms with van der Waals surface area (Å²) < 4.78 is 4.52. The first-order valence-corrected chi connectivity index (χ1v) is 13.7. The minimum Gasteiger partial charge on any atom is -0.453 e. The summed E-state index contributed by atoms with van der Waals surface area (Å²) in [4.78, 5) is 60.5. The van der Waals surface area contributed by atoms with E-state index in [2.05, 4.69) is 21.3 Å². The molecule has 12 nitrogen and oxygen atoms in total. The SMILES string of the molecule is CC(C)[C@H](NC(=O)CCCCCN)C(=O)N[C@@H](CCCNC(N)=O)C(=O)Nc1ccc(COC(=O)I)cc1. The molecule has 0 heterocycles. The lowest BCUT2D eigenvalue weighted by Gasteiger charge is -2.25. The van der Waals surface area contributed by atoms with E-state index in [1.165, 1.54) is 22.6 Å². The van der Waals surface area contributed by atoms with Crippen LogP contribution in [0.2, 0.25) is 0 Å². The number of nitrogens with one attached hydrogen (secondary N) is 4. The number of hydrogen-bond acceptors (Lipinski definition) is 7. The van der Waals surface area contributed by atoms with Crippen LogP contribution in [-0.4, -0.2) is 52.9 Å². The minimum absolute atomic E-state index is 0.108. The van der Waals surface area contributed by atoms with E-state index in [-0.39, 0.29) is 37.8 Å². The topological polar surface area (TPSA) is 195 Å². The van der Waals surface area contributed by atoms with Gasteiger partial charge in [-0.25, -0.2) is 9.59 Å². The minimum atomic E-state index is -0.931. The molecule has 212 valence electrons. The molecule has 0 aliphatic rings. The first kappa shape index (κ1) is 33.1. The van der Waals surface area contributed by atoms with Crippen molar-refractivity contribution in [2.75, 3.05) is 18.4 Å². The Bertz CT molecular complexity index is 927. The maximum absolute atomic E-state index is 13.1. The predicted octanol–water partition coefficient (Wildman–Crippen LogP) is 2.29. The van der Waals surface area contributed by atoms with E-state index in [9.17, 15) is 24.0 Å². The number of urea groups is 1. The highest BCUT2D eigenvalue weighted by Crippen LogP contribution is 2.13. The molecule has 0 saturated carbocycles. The summed E-state index contributed by atoms with van der Waals surface area (Å²) >= 11 is 1.54. The van der Waals surface area contributed by atoms with Gasteiger partial charge in [0.15, 0.2) is 0 Å². The van der Waals surface area contributed by atoms with E-state index < -0.39 is 33.9 Å². The van der Waals surface area contributed by atoms with Gasteiger partial charge >= 0.3 is 10.0 Å². The summed E-state index contributed by atoms with van der Waals surface area (Å²) in [5, 5.41) is 10.7. The summed E-state index contributed by atoms with van der Waals surface area (Å²) in [5.74, 6) is -1.39. The predicted molar refractivity (Wildman–Crippen MR) is 152 cm³/mol. The third-order valence-electron chi connectivity index (χ3n) is 5.55. The molecule has 1 rings (SSSR count). The average molecular weight is 647 g/mol. The molecule has 0 aromatic heterocycles. The maximum atomic E-state index is 13.1. The second-order valence-corrected chi connectivity index (χ2v) is 9.98. The van der Waals surface area contributed by atoms with Crippen molar-refractivity contribution in [1.82, 2.24) is 16.0 Å². The van der Waals surface area contributed by atoms with Gasteiger partial charge in [0.2, 0.25) is 17.7 Å². The van der Waals surface area contributed by atoms with Crippen LogP contribution in [0.3, 0.4) is 0 Å². The lowest BCUT2D eigenvalue weighted by atomic mass is 10.0. The first-order valence-electron chi connectivity index (χ1n) is 12.6. The molecule has 0 fully saturated rings. The third-order valence-corrected chi connectivity index (χ3v) is 5.86. The molecule has 13 heteroatoms. The summed E-state index contributed by atoms with van der Waals surface area (Å²) in [6.07, 6.45) is 3.21. The fourth-order valence-electron chi connectivity index (χ4n) is 3.49. The standard InChI is InChI=1S/C25H39IN6O6/c1-16(2)21(32-20(33)8-4-3-5-13-27)23(35)31-19(7-6-14-29-25(28)37)22(34)30-18-11-9-17(10-12-18)15-38-24(26)36/h9-12,16,19,21H,3-8,13-15,27H2,1-2H3,(H,30,34)(H,31,35)(H,32,33)(H3,28,29,37)/t19-,21-/m0/s1. The molecule has 38 heavy (non-hydrogen) atoms. The van der Waals surface area contributed by atoms with Crippen LogP contribution in [0, 0.1) is 5.92 Å². The Balaban J connectivity index is 2.86. The molecule has 0 aliphatic heterocycles. The zero-order valence-electron chi connectivity index (χ0n) is 21.9. The highest BCUT2D eigenvalue weighted by Gasteiger charge is 2.28.